The highest BCUT2D eigenvalue weighted by molar-refractivity contribution is 9.11. The number of nitriles is 1. The maximum absolute atomic E-state index is 11.3. The molecule has 0 aliphatic carbocycles. The fraction of sp³-hybridized carbons (Fsp3) is 0.150. The monoisotopic (exact) mass is 503 g/mol. The van der Waals surface area contributed by atoms with E-state index in [2.05, 4.69) is 52.6 Å². The predicted octanol–water partition coefficient (Wildman–Crippen LogP) is 5.01. The summed E-state index contributed by atoms with van der Waals surface area (Å²) in [6.45, 7) is 1.80. The summed E-state index contributed by atoms with van der Waals surface area (Å²) in [4.78, 5) is 19.0. The van der Waals surface area contributed by atoms with Gasteiger partial charge >= 0.3 is 5.97 Å². The molecule has 1 N–H and O–H groups in total. The van der Waals surface area contributed by atoms with Crippen LogP contribution in [-0.2, 0) is 9.53 Å². The number of benzene rings is 2. The molecule has 0 fully saturated rings. The van der Waals surface area contributed by atoms with E-state index in [1.165, 1.54) is 7.11 Å². The van der Waals surface area contributed by atoms with Crippen molar-refractivity contribution in [2.24, 2.45) is 0 Å². The minimum atomic E-state index is -0.477. The highest BCUT2D eigenvalue weighted by atomic mass is 79.9. The maximum atomic E-state index is 11.3. The van der Waals surface area contributed by atoms with Crippen molar-refractivity contribution in [1.29, 1.82) is 5.26 Å². The Labute approximate surface area is 178 Å². The number of nitrogens with zero attached hydrogens (tertiary/aromatic N) is 2. The standard InChI is InChI=1S/C20H15Br2N3O3/c1-11-3-4-16-17(5-11)25-20(24-16)13(9-23)6-12-7-14(21)19(15(22)8-12)28-10-18(26)27-2/h3-8H,10H2,1-2H3,(H,24,25)/b13-6-. The highest BCUT2D eigenvalue weighted by Crippen LogP contribution is 2.36. The van der Waals surface area contributed by atoms with Gasteiger partial charge in [0.1, 0.15) is 17.6 Å². The van der Waals surface area contributed by atoms with Crippen LogP contribution in [-0.4, -0.2) is 29.7 Å². The molecule has 0 saturated carbocycles. The van der Waals surface area contributed by atoms with Crippen LogP contribution in [0, 0.1) is 18.3 Å². The second-order valence-corrected chi connectivity index (χ2v) is 7.66. The molecule has 0 radical (unpaired) electrons. The van der Waals surface area contributed by atoms with Crippen LogP contribution in [0.1, 0.15) is 17.0 Å². The molecule has 0 saturated heterocycles. The van der Waals surface area contributed by atoms with E-state index < -0.39 is 5.97 Å². The Hall–Kier alpha value is -2.63. The van der Waals surface area contributed by atoms with Crippen LogP contribution in [0.4, 0.5) is 0 Å². The number of esters is 1. The van der Waals surface area contributed by atoms with E-state index in [1.807, 2.05) is 25.1 Å². The van der Waals surface area contributed by atoms with Crippen LogP contribution in [0.15, 0.2) is 39.3 Å². The SMILES string of the molecule is COC(=O)COc1c(Br)cc(/C=C(/C#N)c2nc3ccc(C)cc3[nH]2)cc1Br. The van der Waals surface area contributed by atoms with E-state index in [0.29, 0.717) is 26.1 Å². The molecule has 0 bridgehead atoms. The highest BCUT2D eigenvalue weighted by Gasteiger charge is 2.13. The van der Waals surface area contributed by atoms with Crippen molar-refractivity contribution < 1.29 is 14.3 Å². The molecule has 6 nitrogen and oxygen atoms in total. The number of hydrogen-bond donors (Lipinski definition) is 1. The van der Waals surface area contributed by atoms with Crippen molar-refractivity contribution in [1.82, 2.24) is 9.97 Å². The Bertz CT molecular complexity index is 1110. The number of aryl methyl sites for hydroxylation is 1. The van der Waals surface area contributed by atoms with Gasteiger partial charge in [-0.2, -0.15) is 5.26 Å². The van der Waals surface area contributed by atoms with E-state index in [-0.39, 0.29) is 6.61 Å². The Balaban J connectivity index is 1.93. The number of nitrogens with one attached hydrogen (secondary N) is 1. The minimum absolute atomic E-state index is 0.204. The first-order chi connectivity index (χ1) is 13.4. The van der Waals surface area contributed by atoms with Gasteiger partial charge in [0.25, 0.3) is 0 Å². The maximum Gasteiger partial charge on any atom is 0.343 e. The van der Waals surface area contributed by atoms with Gasteiger partial charge in [-0.05, 0) is 80.3 Å². The number of aromatic amines is 1. The lowest BCUT2D eigenvalue weighted by atomic mass is 10.1. The molecular weight excluding hydrogens is 490 g/mol. The van der Waals surface area contributed by atoms with Gasteiger partial charge in [-0.25, -0.2) is 9.78 Å². The summed E-state index contributed by atoms with van der Waals surface area (Å²) in [5.41, 5.74) is 3.95. The van der Waals surface area contributed by atoms with Gasteiger partial charge in [-0.1, -0.05) is 6.07 Å². The number of allylic oxidation sites excluding steroid dienone is 1. The van der Waals surface area contributed by atoms with Crippen LogP contribution < -0.4 is 4.74 Å². The van der Waals surface area contributed by atoms with E-state index >= 15 is 0 Å². The molecule has 0 aliphatic heterocycles. The van der Waals surface area contributed by atoms with Gasteiger partial charge in [-0.15, -0.1) is 0 Å². The van der Waals surface area contributed by atoms with Gasteiger partial charge in [0, 0.05) is 0 Å². The largest absolute Gasteiger partial charge is 0.480 e. The van der Waals surface area contributed by atoms with E-state index in [9.17, 15) is 10.1 Å². The topological polar surface area (TPSA) is 88.0 Å². The van der Waals surface area contributed by atoms with Crippen molar-refractivity contribution in [2.75, 3.05) is 13.7 Å². The third-order valence-corrected chi connectivity index (χ3v) is 5.08. The average Bonchev–Trinajstić information content (AvgIpc) is 3.08. The zero-order valence-electron chi connectivity index (χ0n) is 15.0. The summed E-state index contributed by atoms with van der Waals surface area (Å²) in [5.74, 6) is 0.497. The second kappa shape index (κ2) is 8.59. The summed E-state index contributed by atoms with van der Waals surface area (Å²) in [5, 5.41) is 9.61. The van der Waals surface area contributed by atoms with Crippen LogP contribution >= 0.6 is 31.9 Å². The van der Waals surface area contributed by atoms with E-state index in [0.717, 1.165) is 22.2 Å². The summed E-state index contributed by atoms with van der Waals surface area (Å²) >= 11 is 6.86. The smallest absolute Gasteiger partial charge is 0.343 e. The molecule has 1 heterocycles. The van der Waals surface area contributed by atoms with Gasteiger partial charge < -0.3 is 14.5 Å². The van der Waals surface area contributed by atoms with Gasteiger partial charge in [0.05, 0.1) is 32.7 Å². The molecule has 0 aliphatic rings. The molecule has 3 aromatic rings. The molecule has 0 atom stereocenters. The number of methoxy groups -OCH3 is 1. The van der Waals surface area contributed by atoms with Crippen molar-refractivity contribution >= 4 is 60.5 Å². The summed E-state index contributed by atoms with van der Waals surface area (Å²) in [6, 6.07) is 11.7. The second-order valence-electron chi connectivity index (χ2n) is 5.95. The number of carbonyl (C=O) groups excluding carboxylic acids is 1. The molecule has 8 heteroatoms. The number of carbonyl (C=O) groups is 1. The lowest BCUT2D eigenvalue weighted by Gasteiger charge is -2.10. The third-order valence-electron chi connectivity index (χ3n) is 3.91. The Morgan fingerprint density at radius 2 is 2.00 bits per heavy atom. The van der Waals surface area contributed by atoms with Crippen molar-refractivity contribution in [3.63, 3.8) is 0 Å². The molecule has 1 aromatic heterocycles. The molecule has 0 unspecified atom stereocenters. The lowest BCUT2D eigenvalue weighted by molar-refractivity contribution is -0.142. The number of halogens is 2. The zero-order chi connectivity index (χ0) is 20.3. The Morgan fingerprint density at radius 1 is 1.29 bits per heavy atom. The molecule has 3 rings (SSSR count). The quantitative estimate of drug-likeness (QED) is 0.389. The number of aromatic nitrogens is 2. The summed E-state index contributed by atoms with van der Waals surface area (Å²) in [6.07, 6.45) is 1.73. The zero-order valence-corrected chi connectivity index (χ0v) is 18.2. The molecule has 0 amide bonds. The molecule has 28 heavy (non-hydrogen) atoms. The summed E-state index contributed by atoms with van der Waals surface area (Å²) < 4.78 is 11.3. The summed E-state index contributed by atoms with van der Waals surface area (Å²) in [7, 11) is 1.30. The molecule has 142 valence electrons. The van der Waals surface area contributed by atoms with Crippen LogP contribution in [0.3, 0.4) is 0 Å². The number of imidazole rings is 1. The first-order valence-corrected chi connectivity index (χ1v) is 9.77. The number of fused-ring (bicyclic) bond motifs is 1. The Kier molecular flexibility index (Phi) is 6.17. The lowest BCUT2D eigenvalue weighted by Crippen LogP contribution is -2.13. The number of H-pyrrole nitrogens is 1. The molecule has 0 spiro atoms. The minimum Gasteiger partial charge on any atom is -0.480 e. The van der Waals surface area contributed by atoms with Crippen molar-refractivity contribution in [3.05, 3.63) is 56.2 Å². The van der Waals surface area contributed by atoms with Gasteiger partial charge in [-0.3, -0.25) is 0 Å². The molecule has 2 aromatic carbocycles. The number of hydrogen-bond acceptors (Lipinski definition) is 5. The third kappa shape index (κ3) is 4.43. The van der Waals surface area contributed by atoms with Crippen molar-refractivity contribution in [2.45, 2.75) is 6.92 Å². The van der Waals surface area contributed by atoms with Crippen molar-refractivity contribution in [3.8, 4) is 11.8 Å². The van der Waals surface area contributed by atoms with Crippen LogP contribution in [0.5, 0.6) is 5.75 Å². The number of rotatable bonds is 5. The van der Waals surface area contributed by atoms with E-state index in [4.69, 9.17) is 4.74 Å². The first kappa shape index (κ1) is 20.1. The predicted molar refractivity (Wildman–Crippen MR) is 114 cm³/mol. The van der Waals surface area contributed by atoms with Crippen LogP contribution in [0.2, 0.25) is 0 Å². The van der Waals surface area contributed by atoms with E-state index in [1.54, 1.807) is 18.2 Å². The Morgan fingerprint density at radius 3 is 2.64 bits per heavy atom. The average molecular weight is 505 g/mol. The fourth-order valence-corrected chi connectivity index (χ4v) is 4.01. The van der Waals surface area contributed by atoms with Gasteiger partial charge in [0.15, 0.2) is 6.61 Å². The first-order valence-electron chi connectivity index (χ1n) is 8.18. The number of ether oxygens (including phenoxy) is 2. The van der Waals surface area contributed by atoms with Gasteiger partial charge in [0.2, 0.25) is 0 Å². The van der Waals surface area contributed by atoms with Crippen LogP contribution in [0.25, 0.3) is 22.7 Å². The normalized spacial score (nSPS) is 11.3. The molecular formula is C20H15Br2N3O3. The fourth-order valence-electron chi connectivity index (χ4n) is 2.56.